The molecule has 0 aliphatic heterocycles. The molecule has 0 radical (unpaired) electrons. The zero-order valence-electron chi connectivity index (χ0n) is 15.2. The van der Waals surface area contributed by atoms with Crippen LogP contribution < -0.4 is 11.1 Å². The van der Waals surface area contributed by atoms with E-state index >= 15 is 0 Å². The number of hydrogen-bond acceptors (Lipinski definition) is 3. The van der Waals surface area contributed by atoms with E-state index in [1.54, 1.807) is 6.07 Å². The summed E-state index contributed by atoms with van der Waals surface area (Å²) in [5, 5.41) is 3.23. The third-order valence-electron chi connectivity index (χ3n) is 7.26. The standard InChI is InChI=1S/C21H26N2O3/c1-13(21-9-14-6-15(10-21)8-16(7-14)11-21)22-19(24)12-23-17-4-2-3-5-18(17)26-20(23)25/h2-5,13-16H,6-12H2,1H3,(H,22,24)/t13-,14?,15?,16?,21?/m0/s1. The Hall–Kier alpha value is -2.04. The number of carbonyl (C=O) groups excluding carboxylic acids is 1. The Morgan fingerprint density at radius 3 is 2.46 bits per heavy atom. The average Bonchev–Trinajstić information content (AvgIpc) is 2.89. The third kappa shape index (κ3) is 2.51. The van der Waals surface area contributed by atoms with Gasteiger partial charge in [0.05, 0.1) is 5.52 Å². The minimum absolute atomic E-state index is 0.0204. The normalized spacial score (nSPS) is 33.5. The van der Waals surface area contributed by atoms with E-state index < -0.39 is 5.76 Å². The first-order valence-corrected chi connectivity index (χ1v) is 9.90. The van der Waals surface area contributed by atoms with Crippen LogP contribution in [0, 0.1) is 23.2 Å². The number of nitrogens with zero attached hydrogens (tertiary/aromatic N) is 1. The summed E-state index contributed by atoms with van der Waals surface area (Å²) in [4.78, 5) is 24.8. The quantitative estimate of drug-likeness (QED) is 0.916. The van der Waals surface area contributed by atoms with Crippen molar-refractivity contribution in [2.45, 2.75) is 58.0 Å². The Balaban J connectivity index is 1.32. The van der Waals surface area contributed by atoms with Gasteiger partial charge in [-0.3, -0.25) is 9.36 Å². The highest BCUT2D eigenvalue weighted by Crippen LogP contribution is 2.61. The maximum atomic E-state index is 12.7. The largest absolute Gasteiger partial charge is 0.420 e. The molecule has 4 fully saturated rings. The van der Waals surface area contributed by atoms with Crippen LogP contribution in [0.15, 0.2) is 33.5 Å². The van der Waals surface area contributed by atoms with Crippen LogP contribution in [0.2, 0.25) is 0 Å². The monoisotopic (exact) mass is 354 g/mol. The van der Waals surface area contributed by atoms with Gasteiger partial charge in [-0.15, -0.1) is 0 Å². The van der Waals surface area contributed by atoms with Gasteiger partial charge in [0, 0.05) is 6.04 Å². The lowest BCUT2D eigenvalue weighted by molar-refractivity contribution is -0.126. The van der Waals surface area contributed by atoms with Gasteiger partial charge in [-0.05, 0) is 80.8 Å². The average molecular weight is 354 g/mol. The van der Waals surface area contributed by atoms with Gasteiger partial charge in [0.2, 0.25) is 5.91 Å². The van der Waals surface area contributed by atoms with Crippen LogP contribution in [0.25, 0.3) is 11.1 Å². The van der Waals surface area contributed by atoms with Gasteiger partial charge in [0.15, 0.2) is 5.58 Å². The van der Waals surface area contributed by atoms with Crippen molar-refractivity contribution >= 4 is 17.0 Å². The summed E-state index contributed by atoms with van der Waals surface area (Å²) in [5.74, 6) is 2.02. The lowest BCUT2D eigenvalue weighted by Gasteiger charge is -2.59. The molecule has 138 valence electrons. The van der Waals surface area contributed by atoms with Gasteiger partial charge in [-0.1, -0.05) is 12.1 Å². The van der Waals surface area contributed by atoms with Crippen molar-refractivity contribution in [3.05, 3.63) is 34.8 Å². The molecule has 1 heterocycles. The molecular formula is C21H26N2O3. The summed E-state index contributed by atoms with van der Waals surface area (Å²) in [7, 11) is 0. The first-order chi connectivity index (χ1) is 12.5. The van der Waals surface area contributed by atoms with Crippen molar-refractivity contribution in [2.75, 3.05) is 0 Å². The molecular weight excluding hydrogens is 328 g/mol. The predicted molar refractivity (Wildman–Crippen MR) is 98.7 cm³/mol. The molecule has 0 spiro atoms. The fourth-order valence-electron chi connectivity index (χ4n) is 6.46. The third-order valence-corrected chi connectivity index (χ3v) is 7.26. The lowest BCUT2D eigenvalue weighted by atomic mass is 9.48. The van der Waals surface area contributed by atoms with E-state index in [1.807, 2.05) is 18.2 Å². The smallest absolute Gasteiger partial charge is 0.408 e. The van der Waals surface area contributed by atoms with E-state index in [9.17, 15) is 9.59 Å². The van der Waals surface area contributed by atoms with Crippen LogP contribution >= 0.6 is 0 Å². The molecule has 1 amide bonds. The molecule has 4 aliphatic carbocycles. The fourth-order valence-corrected chi connectivity index (χ4v) is 6.46. The fraction of sp³-hybridized carbons (Fsp3) is 0.619. The zero-order valence-corrected chi connectivity index (χ0v) is 15.2. The van der Waals surface area contributed by atoms with Crippen LogP contribution in [0.1, 0.15) is 45.4 Å². The highest BCUT2D eigenvalue weighted by Gasteiger charge is 2.53. The summed E-state index contributed by atoms with van der Waals surface area (Å²) in [5.41, 5.74) is 1.47. The Morgan fingerprint density at radius 2 is 1.81 bits per heavy atom. The number of hydrogen-bond donors (Lipinski definition) is 1. The van der Waals surface area contributed by atoms with E-state index in [0.29, 0.717) is 11.1 Å². The summed E-state index contributed by atoms with van der Waals surface area (Å²) in [6.45, 7) is 2.19. The summed E-state index contributed by atoms with van der Waals surface area (Å²) >= 11 is 0. The Kier molecular flexibility index (Phi) is 3.56. The molecule has 1 aromatic carbocycles. The maximum absolute atomic E-state index is 12.7. The SMILES string of the molecule is C[C@H](NC(=O)Cn1c(=O)oc2ccccc21)C12CC3CC(CC(C3)C1)C2. The van der Waals surface area contributed by atoms with E-state index in [4.69, 9.17) is 4.42 Å². The van der Waals surface area contributed by atoms with E-state index in [0.717, 1.165) is 17.8 Å². The van der Waals surface area contributed by atoms with Crippen molar-refractivity contribution < 1.29 is 9.21 Å². The van der Waals surface area contributed by atoms with Gasteiger partial charge in [0.25, 0.3) is 0 Å². The number of fused-ring (bicyclic) bond motifs is 1. The van der Waals surface area contributed by atoms with Gasteiger partial charge in [0.1, 0.15) is 6.54 Å². The van der Waals surface area contributed by atoms with Gasteiger partial charge >= 0.3 is 5.76 Å². The molecule has 4 aliphatic rings. The van der Waals surface area contributed by atoms with Gasteiger partial charge in [-0.25, -0.2) is 4.79 Å². The second-order valence-electron chi connectivity index (χ2n) is 8.99. The van der Waals surface area contributed by atoms with E-state index in [-0.39, 0.29) is 23.9 Å². The number of oxazole rings is 1. The number of amides is 1. The second-order valence-corrected chi connectivity index (χ2v) is 8.99. The van der Waals surface area contributed by atoms with Crippen LogP contribution in [0.4, 0.5) is 0 Å². The summed E-state index contributed by atoms with van der Waals surface area (Å²) < 4.78 is 6.66. The van der Waals surface area contributed by atoms with Crippen molar-refractivity contribution in [3.63, 3.8) is 0 Å². The molecule has 6 rings (SSSR count). The lowest BCUT2D eigenvalue weighted by Crippen LogP contribution is -2.56. The van der Waals surface area contributed by atoms with Gasteiger partial charge in [-0.2, -0.15) is 0 Å². The highest BCUT2D eigenvalue weighted by atomic mass is 16.4. The first-order valence-electron chi connectivity index (χ1n) is 9.90. The van der Waals surface area contributed by atoms with Gasteiger partial charge < -0.3 is 9.73 Å². The summed E-state index contributed by atoms with van der Waals surface area (Å²) in [6.07, 6.45) is 7.97. The topological polar surface area (TPSA) is 64.2 Å². The first kappa shape index (κ1) is 16.2. The molecule has 0 unspecified atom stereocenters. The molecule has 1 atom stereocenters. The van der Waals surface area contributed by atoms with Crippen LogP contribution in [-0.2, 0) is 11.3 Å². The number of nitrogens with one attached hydrogen (secondary N) is 1. The Morgan fingerprint density at radius 1 is 1.19 bits per heavy atom. The number of aromatic nitrogens is 1. The number of benzene rings is 1. The van der Waals surface area contributed by atoms with E-state index in [1.165, 1.54) is 43.1 Å². The molecule has 1 N–H and O–H groups in total. The van der Waals surface area contributed by atoms with Crippen molar-refractivity contribution in [1.29, 1.82) is 0 Å². The number of para-hydroxylation sites is 2. The minimum Gasteiger partial charge on any atom is -0.408 e. The van der Waals surface area contributed by atoms with Crippen LogP contribution in [-0.4, -0.2) is 16.5 Å². The highest BCUT2D eigenvalue weighted by molar-refractivity contribution is 5.79. The molecule has 4 bridgehead atoms. The Labute approximate surface area is 152 Å². The molecule has 2 aromatic rings. The summed E-state index contributed by atoms with van der Waals surface area (Å²) in [6, 6.07) is 7.41. The molecule has 26 heavy (non-hydrogen) atoms. The molecule has 5 nitrogen and oxygen atoms in total. The number of rotatable bonds is 4. The van der Waals surface area contributed by atoms with Crippen molar-refractivity contribution in [1.82, 2.24) is 9.88 Å². The predicted octanol–water partition coefficient (Wildman–Crippen LogP) is 3.32. The Bertz CT molecular complexity index is 874. The molecule has 4 saturated carbocycles. The number of carbonyl (C=O) groups is 1. The van der Waals surface area contributed by atoms with Crippen LogP contribution in [0.5, 0.6) is 0 Å². The molecule has 5 heteroatoms. The molecule has 0 saturated heterocycles. The maximum Gasteiger partial charge on any atom is 0.420 e. The van der Waals surface area contributed by atoms with Crippen LogP contribution in [0.3, 0.4) is 0 Å². The second kappa shape index (κ2) is 5.73. The zero-order chi connectivity index (χ0) is 17.9. The molecule has 1 aromatic heterocycles. The van der Waals surface area contributed by atoms with Crippen molar-refractivity contribution in [3.8, 4) is 0 Å². The minimum atomic E-state index is -0.469. The van der Waals surface area contributed by atoms with Crippen molar-refractivity contribution in [2.24, 2.45) is 23.2 Å². The van der Waals surface area contributed by atoms with E-state index in [2.05, 4.69) is 12.2 Å².